The van der Waals surface area contributed by atoms with Crippen LogP contribution in [0.25, 0.3) is 0 Å². The molecule has 2 unspecified atom stereocenters. The fraction of sp³-hybridized carbons (Fsp3) is 0.462. The van der Waals surface area contributed by atoms with Crippen molar-refractivity contribution in [3.05, 3.63) is 29.6 Å². The average Bonchev–Trinajstić information content (AvgIpc) is 2.45. The van der Waals surface area contributed by atoms with Crippen molar-refractivity contribution in [2.75, 3.05) is 13.7 Å². The normalized spacial score (nSPS) is 13.4. The molecule has 1 aromatic heterocycles. The van der Waals surface area contributed by atoms with Crippen molar-refractivity contribution in [2.24, 2.45) is 0 Å². The molecule has 0 aliphatic heterocycles. The van der Waals surface area contributed by atoms with Crippen molar-refractivity contribution in [1.82, 2.24) is 4.98 Å². The molecule has 0 saturated heterocycles. The largest absolute Gasteiger partial charge is 0.466 e. The van der Waals surface area contributed by atoms with E-state index in [2.05, 4.69) is 14.5 Å². The Balaban J connectivity index is 2.88. The van der Waals surface area contributed by atoms with E-state index in [9.17, 15) is 19.8 Å². The Bertz CT molecular complexity index is 476. The smallest absolute Gasteiger partial charge is 0.338 e. The van der Waals surface area contributed by atoms with Crippen LogP contribution in [0.15, 0.2) is 18.5 Å². The zero-order valence-corrected chi connectivity index (χ0v) is 11.3. The first kappa shape index (κ1) is 16.1. The van der Waals surface area contributed by atoms with Crippen LogP contribution in [0.5, 0.6) is 0 Å². The number of ether oxygens (including phenoxy) is 2. The van der Waals surface area contributed by atoms with Crippen LogP contribution in [0.4, 0.5) is 0 Å². The van der Waals surface area contributed by atoms with Gasteiger partial charge in [-0.15, -0.1) is 0 Å². The number of hydrogen-bond acceptors (Lipinski definition) is 7. The van der Waals surface area contributed by atoms with E-state index in [4.69, 9.17) is 0 Å². The highest BCUT2D eigenvalue weighted by Gasteiger charge is 2.26. The Morgan fingerprint density at radius 1 is 1.40 bits per heavy atom. The van der Waals surface area contributed by atoms with Gasteiger partial charge in [-0.25, -0.2) is 4.79 Å². The minimum atomic E-state index is -1.44. The highest BCUT2D eigenvalue weighted by atomic mass is 16.5. The summed E-state index contributed by atoms with van der Waals surface area (Å²) in [7, 11) is 1.20. The number of carbonyl (C=O) groups is 2. The number of aliphatic hydroxyl groups is 2. The summed E-state index contributed by atoms with van der Waals surface area (Å²) in [5.74, 6) is -1.30. The third kappa shape index (κ3) is 4.01. The van der Waals surface area contributed by atoms with Crippen molar-refractivity contribution >= 4 is 11.9 Å². The highest BCUT2D eigenvalue weighted by Crippen LogP contribution is 2.22. The molecular formula is C13H17NO6. The van der Waals surface area contributed by atoms with Crippen LogP contribution in [-0.4, -0.2) is 47.0 Å². The molecular weight excluding hydrogens is 266 g/mol. The van der Waals surface area contributed by atoms with Gasteiger partial charge in [0.2, 0.25) is 0 Å². The Kier molecular flexibility index (Phi) is 6.08. The minimum absolute atomic E-state index is 0.0814. The number of aliphatic hydroxyl groups excluding tert-OH is 2. The molecule has 7 nitrogen and oxygen atoms in total. The SMILES string of the molecule is CCOC(=O)CC(O)C(O)c1cnccc1C(=O)OC. The summed E-state index contributed by atoms with van der Waals surface area (Å²) in [6.07, 6.45) is -0.625. The van der Waals surface area contributed by atoms with E-state index in [1.165, 1.54) is 25.6 Å². The number of hydrogen-bond donors (Lipinski definition) is 2. The standard InChI is InChI=1S/C13H17NO6/c1-3-20-11(16)6-10(15)12(17)9-7-14-5-4-8(9)13(18)19-2/h4-5,7,10,12,15,17H,3,6H2,1-2H3. The molecule has 0 radical (unpaired) electrons. The first-order valence-corrected chi connectivity index (χ1v) is 6.05. The van der Waals surface area contributed by atoms with E-state index in [-0.39, 0.29) is 24.2 Å². The third-order valence-electron chi connectivity index (χ3n) is 2.62. The van der Waals surface area contributed by atoms with Gasteiger partial charge >= 0.3 is 11.9 Å². The number of esters is 2. The minimum Gasteiger partial charge on any atom is -0.466 e. The Morgan fingerprint density at radius 2 is 2.10 bits per heavy atom. The van der Waals surface area contributed by atoms with E-state index >= 15 is 0 Å². The fourth-order valence-electron chi connectivity index (χ4n) is 1.65. The molecule has 1 heterocycles. The van der Waals surface area contributed by atoms with Gasteiger partial charge in [0, 0.05) is 18.0 Å². The predicted octanol–water partition coefficient (Wildman–Crippen LogP) is 0.216. The fourth-order valence-corrected chi connectivity index (χ4v) is 1.65. The third-order valence-corrected chi connectivity index (χ3v) is 2.62. The topological polar surface area (TPSA) is 106 Å². The molecule has 1 rings (SSSR count). The first-order valence-electron chi connectivity index (χ1n) is 6.05. The van der Waals surface area contributed by atoms with Crippen molar-refractivity contribution < 1.29 is 29.3 Å². The number of methoxy groups -OCH3 is 1. The summed E-state index contributed by atoms with van der Waals surface area (Å²) < 4.78 is 9.26. The van der Waals surface area contributed by atoms with E-state index in [0.717, 1.165) is 0 Å². The van der Waals surface area contributed by atoms with E-state index in [1.54, 1.807) is 6.92 Å². The van der Waals surface area contributed by atoms with Crippen molar-refractivity contribution in [1.29, 1.82) is 0 Å². The summed E-state index contributed by atoms with van der Waals surface area (Å²) >= 11 is 0. The summed E-state index contributed by atoms with van der Waals surface area (Å²) in [5, 5.41) is 19.8. The molecule has 1 aromatic rings. The van der Waals surface area contributed by atoms with E-state index in [0.29, 0.717) is 0 Å². The number of nitrogens with zero attached hydrogens (tertiary/aromatic N) is 1. The van der Waals surface area contributed by atoms with E-state index < -0.39 is 24.1 Å². The number of rotatable bonds is 6. The Hall–Kier alpha value is -1.99. The molecule has 0 amide bonds. The molecule has 0 bridgehead atoms. The maximum atomic E-state index is 11.6. The highest BCUT2D eigenvalue weighted by molar-refractivity contribution is 5.91. The van der Waals surface area contributed by atoms with Gasteiger partial charge in [-0.3, -0.25) is 9.78 Å². The van der Waals surface area contributed by atoms with Crippen molar-refractivity contribution in [3.8, 4) is 0 Å². The lowest BCUT2D eigenvalue weighted by Gasteiger charge is -2.19. The van der Waals surface area contributed by atoms with Crippen LogP contribution in [0, 0.1) is 0 Å². The molecule has 0 aliphatic rings. The molecule has 2 N–H and O–H groups in total. The summed E-state index contributed by atoms with van der Waals surface area (Å²) in [5.41, 5.74) is 0.175. The summed E-state index contributed by atoms with van der Waals surface area (Å²) in [6, 6.07) is 1.36. The number of carbonyl (C=O) groups excluding carboxylic acids is 2. The van der Waals surface area contributed by atoms with Gasteiger partial charge in [0.1, 0.15) is 6.10 Å². The Morgan fingerprint density at radius 3 is 2.70 bits per heavy atom. The van der Waals surface area contributed by atoms with Crippen molar-refractivity contribution in [2.45, 2.75) is 25.6 Å². The second-order valence-electron chi connectivity index (χ2n) is 3.98. The molecule has 110 valence electrons. The van der Waals surface area contributed by atoms with Crippen LogP contribution in [0.1, 0.15) is 35.4 Å². The maximum Gasteiger partial charge on any atom is 0.338 e. The van der Waals surface area contributed by atoms with Crippen LogP contribution < -0.4 is 0 Å². The number of aromatic nitrogens is 1. The van der Waals surface area contributed by atoms with Crippen LogP contribution in [-0.2, 0) is 14.3 Å². The first-order chi connectivity index (χ1) is 9.51. The van der Waals surface area contributed by atoms with Gasteiger partial charge in [-0.1, -0.05) is 0 Å². The lowest BCUT2D eigenvalue weighted by atomic mass is 9.99. The molecule has 20 heavy (non-hydrogen) atoms. The quantitative estimate of drug-likeness (QED) is 0.719. The molecule has 0 saturated carbocycles. The van der Waals surface area contributed by atoms with Gasteiger partial charge in [-0.2, -0.15) is 0 Å². The van der Waals surface area contributed by atoms with Crippen molar-refractivity contribution in [3.63, 3.8) is 0 Å². The van der Waals surface area contributed by atoms with E-state index in [1.807, 2.05) is 0 Å². The molecule has 0 aromatic carbocycles. The zero-order chi connectivity index (χ0) is 15.1. The molecule has 0 spiro atoms. The zero-order valence-electron chi connectivity index (χ0n) is 11.3. The second-order valence-corrected chi connectivity index (χ2v) is 3.98. The Labute approximate surface area is 116 Å². The van der Waals surface area contributed by atoms with Gasteiger partial charge in [0.05, 0.1) is 31.8 Å². The van der Waals surface area contributed by atoms with Crippen LogP contribution >= 0.6 is 0 Å². The maximum absolute atomic E-state index is 11.6. The summed E-state index contributed by atoms with van der Waals surface area (Å²) in [4.78, 5) is 26.6. The predicted molar refractivity (Wildman–Crippen MR) is 67.8 cm³/mol. The molecule has 0 fully saturated rings. The molecule has 7 heteroatoms. The van der Waals surface area contributed by atoms with Gasteiger partial charge in [0.25, 0.3) is 0 Å². The van der Waals surface area contributed by atoms with Gasteiger partial charge in [-0.05, 0) is 13.0 Å². The lowest BCUT2D eigenvalue weighted by Crippen LogP contribution is -2.25. The van der Waals surface area contributed by atoms with Crippen LogP contribution in [0.3, 0.4) is 0 Å². The lowest BCUT2D eigenvalue weighted by molar-refractivity contribution is -0.147. The molecule has 2 atom stereocenters. The monoisotopic (exact) mass is 283 g/mol. The summed E-state index contributed by atoms with van der Waals surface area (Å²) in [6.45, 7) is 1.82. The average molecular weight is 283 g/mol. The van der Waals surface area contributed by atoms with Gasteiger partial charge < -0.3 is 19.7 Å². The number of pyridine rings is 1. The second kappa shape index (κ2) is 7.56. The van der Waals surface area contributed by atoms with Gasteiger partial charge in [0.15, 0.2) is 0 Å². The molecule has 0 aliphatic carbocycles. The van der Waals surface area contributed by atoms with Crippen LogP contribution in [0.2, 0.25) is 0 Å².